The van der Waals surface area contributed by atoms with E-state index in [-0.39, 0.29) is 18.8 Å². The van der Waals surface area contributed by atoms with Crippen molar-refractivity contribution < 1.29 is 14.3 Å². The van der Waals surface area contributed by atoms with Crippen LogP contribution in [0.3, 0.4) is 0 Å². The first kappa shape index (κ1) is 17.7. The van der Waals surface area contributed by atoms with Gasteiger partial charge in [0.15, 0.2) is 6.61 Å². The van der Waals surface area contributed by atoms with Gasteiger partial charge in [-0.15, -0.1) is 0 Å². The Labute approximate surface area is 151 Å². The summed E-state index contributed by atoms with van der Waals surface area (Å²) in [5.41, 5.74) is 1.54. The second kappa shape index (κ2) is 8.29. The number of esters is 1. The average molecular weight is 352 g/mol. The SMILES string of the molecule is Cc1ccccc1OCC(=O)OCCCn1cnc2ccccc2c1=O. The van der Waals surface area contributed by atoms with Crippen molar-refractivity contribution in [3.8, 4) is 5.75 Å². The van der Waals surface area contributed by atoms with Crippen LogP contribution in [0.2, 0.25) is 0 Å². The fraction of sp³-hybridized carbons (Fsp3) is 0.250. The largest absolute Gasteiger partial charge is 0.482 e. The molecule has 0 bridgehead atoms. The summed E-state index contributed by atoms with van der Waals surface area (Å²) >= 11 is 0. The predicted molar refractivity (Wildman–Crippen MR) is 98.3 cm³/mol. The smallest absolute Gasteiger partial charge is 0.344 e. The zero-order valence-electron chi connectivity index (χ0n) is 14.6. The van der Waals surface area contributed by atoms with Crippen LogP contribution in [-0.4, -0.2) is 28.7 Å². The van der Waals surface area contributed by atoms with Crippen molar-refractivity contribution in [1.82, 2.24) is 9.55 Å². The van der Waals surface area contributed by atoms with Crippen molar-refractivity contribution in [2.24, 2.45) is 0 Å². The zero-order valence-corrected chi connectivity index (χ0v) is 14.6. The minimum Gasteiger partial charge on any atom is -0.482 e. The number of benzene rings is 2. The van der Waals surface area contributed by atoms with Gasteiger partial charge in [0, 0.05) is 6.54 Å². The van der Waals surface area contributed by atoms with Gasteiger partial charge in [-0.05, 0) is 37.1 Å². The Hall–Kier alpha value is -3.15. The molecule has 0 spiro atoms. The van der Waals surface area contributed by atoms with Crippen LogP contribution in [0.1, 0.15) is 12.0 Å². The van der Waals surface area contributed by atoms with Crippen LogP contribution in [0.4, 0.5) is 0 Å². The number of para-hydroxylation sites is 2. The number of carbonyl (C=O) groups excluding carboxylic acids is 1. The van der Waals surface area contributed by atoms with E-state index in [1.54, 1.807) is 12.1 Å². The summed E-state index contributed by atoms with van der Waals surface area (Å²) in [4.78, 5) is 28.4. The van der Waals surface area contributed by atoms with E-state index < -0.39 is 5.97 Å². The molecule has 0 radical (unpaired) electrons. The Morgan fingerprint density at radius 3 is 2.73 bits per heavy atom. The van der Waals surface area contributed by atoms with Gasteiger partial charge in [-0.3, -0.25) is 9.36 Å². The summed E-state index contributed by atoms with van der Waals surface area (Å²) in [5.74, 6) is 0.232. The highest BCUT2D eigenvalue weighted by molar-refractivity contribution is 5.76. The first-order valence-corrected chi connectivity index (χ1v) is 8.43. The summed E-state index contributed by atoms with van der Waals surface area (Å²) in [5, 5.41) is 0.582. The third-order valence-corrected chi connectivity index (χ3v) is 3.98. The molecule has 26 heavy (non-hydrogen) atoms. The molecule has 0 N–H and O–H groups in total. The monoisotopic (exact) mass is 352 g/mol. The average Bonchev–Trinajstić information content (AvgIpc) is 2.66. The van der Waals surface area contributed by atoms with Crippen LogP contribution >= 0.6 is 0 Å². The number of hydrogen-bond acceptors (Lipinski definition) is 5. The van der Waals surface area contributed by atoms with Crippen molar-refractivity contribution in [2.75, 3.05) is 13.2 Å². The van der Waals surface area contributed by atoms with Gasteiger partial charge in [0.25, 0.3) is 5.56 Å². The van der Waals surface area contributed by atoms with Gasteiger partial charge in [-0.25, -0.2) is 9.78 Å². The van der Waals surface area contributed by atoms with Gasteiger partial charge in [0.05, 0.1) is 23.8 Å². The number of rotatable bonds is 7. The molecule has 0 aliphatic rings. The lowest BCUT2D eigenvalue weighted by Gasteiger charge is -2.09. The van der Waals surface area contributed by atoms with Gasteiger partial charge in [0.2, 0.25) is 0 Å². The highest BCUT2D eigenvalue weighted by Crippen LogP contribution is 2.15. The van der Waals surface area contributed by atoms with E-state index in [0.717, 1.165) is 5.56 Å². The van der Waals surface area contributed by atoms with E-state index in [0.29, 0.717) is 29.6 Å². The van der Waals surface area contributed by atoms with Crippen molar-refractivity contribution in [3.05, 3.63) is 70.8 Å². The topological polar surface area (TPSA) is 70.4 Å². The Morgan fingerprint density at radius 1 is 1.12 bits per heavy atom. The number of hydrogen-bond donors (Lipinski definition) is 0. The van der Waals surface area contributed by atoms with Crippen LogP contribution in [0, 0.1) is 6.92 Å². The molecule has 0 aliphatic heterocycles. The quantitative estimate of drug-likeness (QED) is 0.483. The first-order chi connectivity index (χ1) is 12.6. The zero-order chi connectivity index (χ0) is 18.4. The summed E-state index contributed by atoms with van der Waals surface area (Å²) < 4.78 is 12.1. The lowest BCUT2D eigenvalue weighted by molar-refractivity contribution is -0.146. The molecule has 6 nitrogen and oxygen atoms in total. The van der Waals surface area contributed by atoms with Crippen molar-refractivity contribution in [2.45, 2.75) is 19.9 Å². The molecule has 1 aromatic heterocycles. The molecule has 134 valence electrons. The maximum atomic E-state index is 12.3. The molecule has 0 saturated carbocycles. The maximum Gasteiger partial charge on any atom is 0.344 e. The number of fused-ring (bicyclic) bond motifs is 1. The van der Waals surface area contributed by atoms with Crippen molar-refractivity contribution in [3.63, 3.8) is 0 Å². The lowest BCUT2D eigenvalue weighted by Crippen LogP contribution is -2.22. The highest BCUT2D eigenvalue weighted by Gasteiger charge is 2.07. The Bertz CT molecular complexity index is 965. The van der Waals surface area contributed by atoms with Crippen LogP contribution in [-0.2, 0) is 16.1 Å². The van der Waals surface area contributed by atoms with Gasteiger partial charge < -0.3 is 9.47 Å². The van der Waals surface area contributed by atoms with E-state index in [2.05, 4.69) is 4.98 Å². The Morgan fingerprint density at radius 2 is 1.88 bits per heavy atom. The van der Waals surface area contributed by atoms with Gasteiger partial charge in [-0.2, -0.15) is 0 Å². The molecule has 3 aromatic rings. The van der Waals surface area contributed by atoms with Crippen LogP contribution in [0.25, 0.3) is 10.9 Å². The van der Waals surface area contributed by atoms with Crippen LogP contribution < -0.4 is 10.3 Å². The minimum absolute atomic E-state index is 0.0928. The van der Waals surface area contributed by atoms with Crippen molar-refractivity contribution >= 4 is 16.9 Å². The summed E-state index contributed by atoms with van der Waals surface area (Å²) in [6.45, 7) is 2.43. The standard InChI is InChI=1S/C20H20N2O4/c1-15-7-2-5-10-18(15)26-13-19(23)25-12-6-11-22-14-21-17-9-4-3-8-16(17)20(22)24/h2-5,7-10,14H,6,11-13H2,1H3. The summed E-state index contributed by atoms with van der Waals surface area (Å²) in [6, 6.07) is 14.7. The Kier molecular flexibility index (Phi) is 5.63. The molecule has 0 fully saturated rings. The molecular weight excluding hydrogens is 332 g/mol. The molecule has 0 saturated heterocycles. The molecule has 6 heteroatoms. The third-order valence-electron chi connectivity index (χ3n) is 3.98. The second-order valence-electron chi connectivity index (χ2n) is 5.89. The van der Waals surface area contributed by atoms with E-state index in [1.165, 1.54) is 10.9 Å². The number of carbonyl (C=O) groups is 1. The minimum atomic E-state index is -0.433. The van der Waals surface area contributed by atoms with Crippen LogP contribution in [0.5, 0.6) is 5.75 Å². The fourth-order valence-electron chi connectivity index (χ4n) is 2.58. The molecule has 1 heterocycles. The van der Waals surface area contributed by atoms with Gasteiger partial charge >= 0.3 is 5.97 Å². The normalized spacial score (nSPS) is 10.7. The number of nitrogens with zero attached hydrogens (tertiary/aromatic N) is 2. The molecule has 0 atom stereocenters. The molecule has 0 unspecified atom stereocenters. The van der Waals surface area contributed by atoms with Gasteiger partial charge in [-0.1, -0.05) is 30.3 Å². The molecule has 0 amide bonds. The molecular formula is C20H20N2O4. The van der Waals surface area contributed by atoms with E-state index in [9.17, 15) is 9.59 Å². The number of aryl methyl sites for hydroxylation is 2. The molecule has 2 aromatic carbocycles. The molecule has 3 rings (SSSR count). The maximum absolute atomic E-state index is 12.3. The van der Waals surface area contributed by atoms with Crippen LogP contribution in [0.15, 0.2) is 59.7 Å². The Balaban J connectivity index is 1.45. The third kappa shape index (κ3) is 4.27. The summed E-state index contributed by atoms with van der Waals surface area (Å²) in [6.07, 6.45) is 2.05. The predicted octanol–water partition coefficient (Wildman–Crippen LogP) is 2.72. The number of ether oxygens (including phenoxy) is 2. The second-order valence-corrected chi connectivity index (χ2v) is 5.89. The number of aromatic nitrogens is 2. The van der Waals surface area contributed by atoms with E-state index in [4.69, 9.17) is 9.47 Å². The highest BCUT2D eigenvalue weighted by atomic mass is 16.6. The summed E-state index contributed by atoms with van der Waals surface area (Å²) in [7, 11) is 0. The first-order valence-electron chi connectivity index (χ1n) is 8.43. The fourth-order valence-corrected chi connectivity index (χ4v) is 2.58. The van der Waals surface area contributed by atoms with Gasteiger partial charge in [0.1, 0.15) is 5.75 Å². The molecule has 0 aliphatic carbocycles. The van der Waals surface area contributed by atoms with E-state index in [1.807, 2.05) is 43.3 Å². The lowest BCUT2D eigenvalue weighted by atomic mass is 10.2. The van der Waals surface area contributed by atoms with E-state index >= 15 is 0 Å². The van der Waals surface area contributed by atoms with Crippen molar-refractivity contribution in [1.29, 1.82) is 0 Å².